The van der Waals surface area contributed by atoms with Crippen molar-refractivity contribution in [2.75, 3.05) is 38.3 Å². The third-order valence-corrected chi connectivity index (χ3v) is 5.88. The third-order valence-electron chi connectivity index (χ3n) is 4.48. The van der Waals surface area contributed by atoms with Crippen molar-refractivity contribution in [1.29, 1.82) is 0 Å². The fourth-order valence-electron chi connectivity index (χ4n) is 3.00. The number of hydrogen-bond acceptors (Lipinski definition) is 7. The average molecular weight is 434 g/mol. The topological polar surface area (TPSA) is 112 Å². The van der Waals surface area contributed by atoms with Gasteiger partial charge < -0.3 is 24.3 Å². The molecular formula is C20H22N2O7S. The number of sulfonamides is 1. The van der Waals surface area contributed by atoms with Crippen molar-refractivity contribution in [2.45, 2.75) is 17.7 Å². The second-order valence-electron chi connectivity index (χ2n) is 6.74. The Labute approximate surface area is 174 Å². The zero-order valence-electron chi connectivity index (χ0n) is 16.2. The van der Waals surface area contributed by atoms with Crippen LogP contribution in [0.3, 0.4) is 0 Å². The summed E-state index contributed by atoms with van der Waals surface area (Å²) < 4.78 is 49.6. The first-order valence-corrected chi connectivity index (χ1v) is 11.1. The molecule has 0 radical (unpaired) electrons. The van der Waals surface area contributed by atoms with E-state index in [2.05, 4.69) is 10.0 Å². The molecule has 160 valence electrons. The Balaban J connectivity index is 1.38. The van der Waals surface area contributed by atoms with E-state index in [0.29, 0.717) is 55.1 Å². The van der Waals surface area contributed by atoms with Gasteiger partial charge in [0.2, 0.25) is 15.9 Å². The van der Waals surface area contributed by atoms with Gasteiger partial charge in [-0.3, -0.25) is 4.79 Å². The summed E-state index contributed by atoms with van der Waals surface area (Å²) >= 11 is 0. The van der Waals surface area contributed by atoms with Crippen LogP contribution in [0.5, 0.6) is 23.0 Å². The molecule has 0 bridgehead atoms. The summed E-state index contributed by atoms with van der Waals surface area (Å²) in [5.41, 5.74) is 0.485. The minimum atomic E-state index is -3.90. The molecule has 0 saturated heterocycles. The summed E-state index contributed by atoms with van der Waals surface area (Å²) in [7, 11) is -3.90. The van der Waals surface area contributed by atoms with Crippen LogP contribution >= 0.6 is 0 Å². The summed E-state index contributed by atoms with van der Waals surface area (Å²) in [6, 6.07) is 9.38. The van der Waals surface area contributed by atoms with Crippen LogP contribution in [0.4, 0.5) is 5.69 Å². The number of benzene rings is 2. The van der Waals surface area contributed by atoms with Crippen molar-refractivity contribution < 1.29 is 32.2 Å². The van der Waals surface area contributed by atoms with E-state index in [1.54, 1.807) is 24.3 Å². The molecule has 1 amide bonds. The molecule has 2 heterocycles. The van der Waals surface area contributed by atoms with Gasteiger partial charge in [-0.05, 0) is 24.3 Å². The highest BCUT2D eigenvalue weighted by molar-refractivity contribution is 7.89. The highest BCUT2D eigenvalue weighted by atomic mass is 32.2. The summed E-state index contributed by atoms with van der Waals surface area (Å²) in [4.78, 5) is 12.2. The normalized spacial score (nSPS) is 15.6. The largest absolute Gasteiger partial charge is 0.490 e. The molecule has 0 spiro atoms. The van der Waals surface area contributed by atoms with Crippen LogP contribution in [0.25, 0.3) is 0 Å². The highest BCUT2D eigenvalue weighted by Gasteiger charge is 2.20. The lowest BCUT2D eigenvalue weighted by atomic mass is 10.2. The fraction of sp³-hybridized carbons (Fsp3) is 0.350. The number of hydrogen-bond donors (Lipinski definition) is 2. The van der Waals surface area contributed by atoms with Gasteiger partial charge in [0.05, 0.1) is 37.9 Å². The Morgan fingerprint density at radius 3 is 2.03 bits per heavy atom. The predicted molar refractivity (Wildman–Crippen MR) is 108 cm³/mol. The average Bonchev–Trinajstić information content (AvgIpc) is 3.12. The minimum Gasteiger partial charge on any atom is -0.490 e. The lowest BCUT2D eigenvalue weighted by Crippen LogP contribution is -2.32. The lowest BCUT2D eigenvalue weighted by molar-refractivity contribution is -0.115. The number of fused-ring (bicyclic) bond motifs is 2. The Bertz CT molecular complexity index is 1040. The van der Waals surface area contributed by atoms with Gasteiger partial charge in [0, 0.05) is 30.7 Å². The molecule has 0 fully saturated rings. The van der Waals surface area contributed by atoms with Gasteiger partial charge in [0.15, 0.2) is 23.0 Å². The van der Waals surface area contributed by atoms with Crippen molar-refractivity contribution >= 4 is 21.6 Å². The van der Waals surface area contributed by atoms with Crippen molar-refractivity contribution in [3.05, 3.63) is 36.4 Å². The van der Waals surface area contributed by atoms with Crippen LogP contribution in [0, 0.1) is 0 Å². The highest BCUT2D eigenvalue weighted by Crippen LogP contribution is 2.33. The minimum absolute atomic E-state index is 0.00451. The second kappa shape index (κ2) is 8.80. The number of carbonyl (C=O) groups is 1. The summed E-state index contributed by atoms with van der Waals surface area (Å²) in [5.74, 6) is 1.51. The molecule has 2 N–H and O–H groups in total. The van der Waals surface area contributed by atoms with Crippen molar-refractivity contribution in [3.63, 3.8) is 0 Å². The standard InChI is InChI=1S/C20H22N2O7S/c23-20(22-14-3-5-16-18(11-14)28-9-1-7-26-16)13-21-30(24,25)15-4-6-17-19(12-15)29-10-2-8-27-17/h3-6,11-12,21H,1-2,7-10,13H2,(H,22,23). The molecule has 0 saturated carbocycles. The smallest absolute Gasteiger partial charge is 0.241 e. The first kappa shape index (κ1) is 20.3. The molecular weight excluding hydrogens is 412 g/mol. The van der Waals surface area contributed by atoms with Crippen LogP contribution in [0.2, 0.25) is 0 Å². The number of rotatable bonds is 5. The van der Waals surface area contributed by atoms with Gasteiger partial charge >= 0.3 is 0 Å². The summed E-state index contributed by atoms with van der Waals surface area (Å²) in [5, 5.41) is 2.65. The van der Waals surface area contributed by atoms with Crippen LogP contribution < -0.4 is 29.0 Å². The first-order chi connectivity index (χ1) is 14.5. The van der Waals surface area contributed by atoms with E-state index in [9.17, 15) is 13.2 Å². The fourth-order valence-corrected chi connectivity index (χ4v) is 4.00. The third kappa shape index (κ3) is 4.77. The number of anilines is 1. The Morgan fingerprint density at radius 1 is 0.800 bits per heavy atom. The van der Waals surface area contributed by atoms with E-state index < -0.39 is 22.5 Å². The molecule has 9 nitrogen and oxygen atoms in total. The molecule has 0 aliphatic carbocycles. The van der Waals surface area contributed by atoms with E-state index in [1.165, 1.54) is 12.1 Å². The maximum absolute atomic E-state index is 12.6. The maximum Gasteiger partial charge on any atom is 0.241 e. The number of carbonyl (C=O) groups excluding carboxylic acids is 1. The SMILES string of the molecule is O=C(CNS(=O)(=O)c1ccc2c(c1)OCCCO2)Nc1ccc2c(c1)OCCCO2. The monoisotopic (exact) mass is 434 g/mol. The number of amides is 1. The van der Waals surface area contributed by atoms with Gasteiger partial charge in [0.1, 0.15) is 0 Å². The van der Waals surface area contributed by atoms with Crippen LogP contribution in [-0.4, -0.2) is 47.3 Å². The van der Waals surface area contributed by atoms with E-state index in [1.807, 2.05) is 0 Å². The van der Waals surface area contributed by atoms with Crippen LogP contribution in [0.15, 0.2) is 41.3 Å². The van der Waals surface area contributed by atoms with Crippen LogP contribution in [-0.2, 0) is 14.8 Å². The molecule has 30 heavy (non-hydrogen) atoms. The molecule has 4 rings (SSSR count). The Kier molecular flexibility index (Phi) is 5.96. The second-order valence-corrected chi connectivity index (χ2v) is 8.51. The number of nitrogens with one attached hydrogen (secondary N) is 2. The van der Waals surface area contributed by atoms with Crippen molar-refractivity contribution in [1.82, 2.24) is 4.72 Å². The Hall–Kier alpha value is -2.98. The first-order valence-electron chi connectivity index (χ1n) is 9.60. The van der Waals surface area contributed by atoms with Gasteiger partial charge in [0.25, 0.3) is 0 Å². The van der Waals surface area contributed by atoms with E-state index in [-0.39, 0.29) is 4.90 Å². The van der Waals surface area contributed by atoms with Gasteiger partial charge in [-0.15, -0.1) is 0 Å². The van der Waals surface area contributed by atoms with E-state index in [0.717, 1.165) is 12.8 Å². The number of ether oxygens (including phenoxy) is 4. The molecule has 2 aliphatic heterocycles. The van der Waals surface area contributed by atoms with E-state index in [4.69, 9.17) is 18.9 Å². The zero-order chi connectivity index (χ0) is 21.0. The predicted octanol–water partition coefficient (Wildman–Crippen LogP) is 1.93. The molecule has 10 heteroatoms. The van der Waals surface area contributed by atoms with Crippen molar-refractivity contribution in [3.8, 4) is 23.0 Å². The Morgan fingerprint density at radius 2 is 1.37 bits per heavy atom. The summed E-state index contributed by atoms with van der Waals surface area (Å²) in [6.07, 6.45) is 1.49. The molecule has 0 atom stereocenters. The zero-order valence-corrected chi connectivity index (χ0v) is 17.0. The molecule has 2 aromatic rings. The molecule has 2 aliphatic rings. The maximum atomic E-state index is 12.6. The molecule has 0 aromatic heterocycles. The molecule has 0 unspecified atom stereocenters. The lowest BCUT2D eigenvalue weighted by Gasteiger charge is -2.12. The summed E-state index contributed by atoms with van der Waals surface area (Å²) in [6.45, 7) is 1.63. The van der Waals surface area contributed by atoms with E-state index >= 15 is 0 Å². The van der Waals surface area contributed by atoms with Gasteiger partial charge in [-0.25, -0.2) is 13.1 Å². The van der Waals surface area contributed by atoms with Crippen LogP contribution in [0.1, 0.15) is 12.8 Å². The quantitative estimate of drug-likeness (QED) is 0.739. The van der Waals surface area contributed by atoms with Gasteiger partial charge in [-0.1, -0.05) is 0 Å². The van der Waals surface area contributed by atoms with Crippen molar-refractivity contribution in [2.24, 2.45) is 0 Å². The van der Waals surface area contributed by atoms with Gasteiger partial charge in [-0.2, -0.15) is 0 Å². The molecule has 2 aromatic carbocycles.